The molecule has 12 heteroatoms. The second-order valence-corrected chi connectivity index (χ2v) is 11.8. The second kappa shape index (κ2) is 15.8. The zero-order valence-corrected chi connectivity index (χ0v) is 30.8. The summed E-state index contributed by atoms with van der Waals surface area (Å²) in [6, 6.07) is 22.5. The van der Waals surface area contributed by atoms with E-state index < -0.39 is 0 Å². The molecule has 2 N–H and O–H groups in total. The maximum atomic E-state index is 14.4. The van der Waals surface area contributed by atoms with Crippen molar-refractivity contribution in [1.29, 1.82) is 0 Å². The summed E-state index contributed by atoms with van der Waals surface area (Å²) in [6.07, 6.45) is 1.75. The normalized spacial score (nSPS) is 11.3. The number of rotatable bonds is 14. The number of benzene rings is 4. The molecule has 6 rings (SSSR count). The number of hydrogen-bond acceptors (Lipinski definition) is 10. The number of carbonyl (C=O) groups is 1. The van der Waals surface area contributed by atoms with Gasteiger partial charge in [0.1, 0.15) is 11.5 Å². The number of pyridine rings is 1. The van der Waals surface area contributed by atoms with Crippen molar-refractivity contribution in [3.8, 4) is 57.3 Å². The molecule has 0 fully saturated rings. The Morgan fingerprint density at radius 2 is 1.23 bits per heavy atom. The maximum Gasteiger partial charge on any atom is 0.252 e. The van der Waals surface area contributed by atoms with Crippen LogP contribution in [0.4, 0.5) is 0 Å². The summed E-state index contributed by atoms with van der Waals surface area (Å²) in [7, 11) is 12.4. The van der Waals surface area contributed by atoms with Gasteiger partial charge in [0.05, 0.1) is 80.3 Å². The van der Waals surface area contributed by atoms with E-state index in [2.05, 4.69) is 10.3 Å². The molecule has 12 nitrogen and oxygen atoms in total. The third kappa shape index (κ3) is 7.16. The Morgan fingerprint density at radius 3 is 1.77 bits per heavy atom. The highest BCUT2D eigenvalue weighted by atomic mass is 16.5. The Balaban J connectivity index is 1.47. The minimum Gasteiger partial charge on any atom is -0.497 e. The number of aromatic amines is 1. The molecule has 1 amide bonds. The van der Waals surface area contributed by atoms with Gasteiger partial charge in [0.2, 0.25) is 11.5 Å². The zero-order valence-electron chi connectivity index (χ0n) is 30.8. The number of fused-ring (bicyclic) bond motifs is 3. The first-order valence-corrected chi connectivity index (χ1v) is 16.5. The van der Waals surface area contributed by atoms with E-state index >= 15 is 0 Å². The van der Waals surface area contributed by atoms with E-state index in [4.69, 9.17) is 42.9 Å². The van der Waals surface area contributed by atoms with E-state index in [-0.39, 0.29) is 12.5 Å². The van der Waals surface area contributed by atoms with Gasteiger partial charge in [-0.15, -0.1) is 0 Å². The summed E-state index contributed by atoms with van der Waals surface area (Å²) >= 11 is 0. The Bertz CT molecular complexity index is 2260. The van der Waals surface area contributed by atoms with Crippen LogP contribution in [0, 0.1) is 0 Å². The van der Waals surface area contributed by atoms with E-state index in [0.717, 1.165) is 27.4 Å². The number of nitrogens with one attached hydrogen (secondary N) is 2. The lowest BCUT2D eigenvalue weighted by Crippen LogP contribution is -2.24. The van der Waals surface area contributed by atoms with E-state index in [9.17, 15) is 4.79 Å². The number of amides is 1. The number of para-hydroxylation sites is 1. The molecule has 2 aromatic heterocycles. The van der Waals surface area contributed by atoms with Crippen LogP contribution < -0.4 is 43.2 Å². The number of carbonyl (C=O) groups excluding carboxylic acids is 1. The minimum atomic E-state index is -0.379. The predicted molar refractivity (Wildman–Crippen MR) is 204 cm³/mol. The third-order valence-electron chi connectivity index (χ3n) is 8.82. The van der Waals surface area contributed by atoms with Crippen molar-refractivity contribution >= 4 is 39.4 Å². The van der Waals surface area contributed by atoms with Crippen molar-refractivity contribution in [3.63, 3.8) is 0 Å². The average Bonchev–Trinajstić information content (AvgIpc) is 3.58. The number of H-pyrrole nitrogens is 1. The minimum absolute atomic E-state index is 0.0922. The molecule has 0 bridgehead atoms. The van der Waals surface area contributed by atoms with Gasteiger partial charge in [-0.05, 0) is 65.7 Å². The first-order chi connectivity index (χ1) is 25.8. The first kappa shape index (κ1) is 36.2. The van der Waals surface area contributed by atoms with Gasteiger partial charge in [-0.25, -0.2) is 4.98 Å². The van der Waals surface area contributed by atoms with Crippen LogP contribution in [0.2, 0.25) is 0 Å². The standard InChI is InChI=1S/C41H41N3O9/c1-46-27-13-23(14-28(21-27)47-2)15-30(24-16-33(48-3)39(52-7)34(17-24)49-4)41(45)42-22-26-20-31-29-11-9-10-12-32(29)44-38(31)37(43-26)25-18-35(50-5)40(53-8)36(19-25)51-6/h9-21,44H,22H2,1-8H3,(H,42,45)/b30-15+. The van der Waals surface area contributed by atoms with Crippen molar-refractivity contribution in [2.45, 2.75) is 6.54 Å². The van der Waals surface area contributed by atoms with Gasteiger partial charge in [-0.2, -0.15) is 0 Å². The molecule has 0 radical (unpaired) electrons. The lowest BCUT2D eigenvalue weighted by molar-refractivity contribution is -0.115. The molecular formula is C41H41N3O9. The van der Waals surface area contributed by atoms with Gasteiger partial charge in [0.25, 0.3) is 5.91 Å². The Labute approximate surface area is 307 Å². The van der Waals surface area contributed by atoms with Crippen LogP contribution in [0.5, 0.6) is 46.0 Å². The predicted octanol–water partition coefficient (Wildman–Crippen LogP) is 7.31. The van der Waals surface area contributed by atoms with Gasteiger partial charge >= 0.3 is 0 Å². The molecule has 0 saturated carbocycles. The summed E-state index contributed by atoms with van der Waals surface area (Å²) in [6.45, 7) is 0.0922. The fourth-order valence-corrected chi connectivity index (χ4v) is 6.28. The van der Waals surface area contributed by atoms with Crippen molar-refractivity contribution in [3.05, 3.63) is 89.6 Å². The van der Waals surface area contributed by atoms with Crippen molar-refractivity contribution in [2.75, 3.05) is 56.9 Å². The number of methoxy groups -OCH3 is 8. The molecule has 53 heavy (non-hydrogen) atoms. The number of nitrogens with zero attached hydrogens (tertiary/aromatic N) is 1. The summed E-state index contributed by atoms with van der Waals surface area (Å²) in [4.78, 5) is 23.0. The van der Waals surface area contributed by atoms with E-state index in [1.807, 2.05) is 54.6 Å². The SMILES string of the molecule is COc1cc(/C=C(/C(=O)NCc2cc3c([nH]c4ccccc43)c(-c3cc(OC)c(OC)c(OC)c3)n2)c2cc(OC)c(OC)c(OC)c2)cc(OC)c1. The monoisotopic (exact) mass is 719 g/mol. The quantitative estimate of drug-likeness (QED) is 0.0873. The summed E-state index contributed by atoms with van der Waals surface area (Å²) < 4.78 is 44.7. The van der Waals surface area contributed by atoms with Gasteiger partial charge in [0, 0.05) is 33.5 Å². The van der Waals surface area contributed by atoms with Crippen molar-refractivity contribution in [1.82, 2.24) is 15.3 Å². The average molecular weight is 720 g/mol. The molecular weight excluding hydrogens is 678 g/mol. The van der Waals surface area contributed by atoms with Crippen LogP contribution in [-0.2, 0) is 11.3 Å². The summed E-state index contributed by atoms with van der Waals surface area (Å²) in [5, 5.41) is 5.05. The Morgan fingerprint density at radius 1 is 0.660 bits per heavy atom. The lowest BCUT2D eigenvalue weighted by Gasteiger charge is -2.17. The number of hydrogen-bond donors (Lipinski definition) is 2. The molecule has 2 heterocycles. The molecule has 0 aliphatic heterocycles. The summed E-state index contributed by atoms with van der Waals surface area (Å²) in [5.41, 5.74) is 5.27. The molecule has 0 unspecified atom stereocenters. The molecule has 0 aliphatic carbocycles. The highest BCUT2D eigenvalue weighted by Gasteiger charge is 2.22. The van der Waals surface area contributed by atoms with Crippen molar-refractivity contribution in [2.24, 2.45) is 0 Å². The van der Waals surface area contributed by atoms with Crippen LogP contribution >= 0.6 is 0 Å². The van der Waals surface area contributed by atoms with Crippen LogP contribution in [-0.4, -0.2) is 72.8 Å². The number of ether oxygens (including phenoxy) is 8. The smallest absolute Gasteiger partial charge is 0.252 e. The Kier molecular flexibility index (Phi) is 10.8. The molecule has 0 saturated heterocycles. The molecule has 0 spiro atoms. The van der Waals surface area contributed by atoms with E-state index in [1.54, 1.807) is 59.8 Å². The second-order valence-electron chi connectivity index (χ2n) is 11.8. The van der Waals surface area contributed by atoms with Crippen LogP contribution in [0.3, 0.4) is 0 Å². The van der Waals surface area contributed by atoms with Crippen LogP contribution in [0.25, 0.3) is 44.7 Å². The molecule has 0 atom stereocenters. The van der Waals surface area contributed by atoms with Crippen LogP contribution in [0.15, 0.2) is 72.8 Å². The van der Waals surface area contributed by atoms with Gasteiger partial charge < -0.3 is 48.2 Å². The molecule has 6 aromatic rings. The Hall–Kier alpha value is -6.56. The highest BCUT2D eigenvalue weighted by Crippen LogP contribution is 2.43. The van der Waals surface area contributed by atoms with Crippen molar-refractivity contribution < 1.29 is 42.7 Å². The lowest BCUT2D eigenvalue weighted by atomic mass is 10.00. The summed E-state index contributed by atoms with van der Waals surface area (Å²) in [5.74, 6) is 3.38. The molecule has 274 valence electrons. The molecule has 4 aromatic carbocycles. The first-order valence-electron chi connectivity index (χ1n) is 16.5. The fourth-order valence-electron chi connectivity index (χ4n) is 6.28. The third-order valence-corrected chi connectivity index (χ3v) is 8.82. The van der Waals surface area contributed by atoms with E-state index in [1.165, 1.54) is 21.3 Å². The van der Waals surface area contributed by atoms with Gasteiger partial charge in [-0.1, -0.05) is 18.2 Å². The van der Waals surface area contributed by atoms with Crippen LogP contribution in [0.1, 0.15) is 16.8 Å². The van der Waals surface area contributed by atoms with E-state index in [0.29, 0.717) is 74.1 Å². The molecule has 0 aliphatic rings. The highest BCUT2D eigenvalue weighted by molar-refractivity contribution is 6.24. The largest absolute Gasteiger partial charge is 0.497 e. The zero-order chi connectivity index (χ0) is 37.6. The van der Waals surface area contributed by atoms with Gasteiger partial charge in [-0.3, -0.25) is 4.79 Å². The van der Waals surface area contributed by atoms with Gasteiger partial charge in [0.15, 0.2) is 23.0 Å². The topological polar surface area (TPSA) is 132 Å². The maximum absolute atomic E-state index is 14.4. The fraction of sp³-hybridized carbons (Fsp3) is 0.220. The number of aromatic nitrogens is 2.